The van der Waals surface area contributed by atoms with Crippen LogP contribution >= 0.6 is 0 Å². The number of carbonyl (C=O) groups excluding carboxylic acids is 2. The normalized spacial score (nSPS) is 26.0. The number of allylic oxidation sites excluding steroid dienone is 2. The van der Waals surface area contributed by atoms with E-state index in [9.17, 15) is 35.1 Å². The summed E-state index contributed by atoms with van der Waals surface area (Å²) in [4.78, 5) is 25.4. The molecular formula is C19H23NO9. The molecule has 0 spiro atoms. The number of nitrogens with one attached hydrogen (secondary N) is 1. The molecule has 158 valence electrons. The van der Waals surface area contributed by atoms with Gasteiger partial charge in [-0.05, 0) is 6.92 Å². The molecule has 0 heterocycles. The van der Waals surface area contributed by atoms with Gasteiger partial charge in [0, 0.05) is 30.2 Å². The first-order valence-electron chi connectivity index (χ1n) is 9.04. The first-order valence-corrected chi connectivity index (χ1v) is 9.04. The Labute approximate surface area is 165 Å². The van der Waals surface area contributed by atoms with Crippen molar-refractivity contribution in [2.75, 3.05) is 26.4 Å². The smallest absolute Gasteiger partial charge is 0.213 e. The van der Waals surface area contributed by atoms with Gasteiger partial charge in [-0.3, -0.25) is 9.59 Å². The molecule has 10 nitrogen and oxygen atoms in total. The van der Waals surface area contributed by atoms with Crippen LogP contribution in [0.1, 0.15) is 44.9 Å². The predicted molar refractivity (Wildman–Crippen MR) is 97.7 cm³/mol. The highest BCUT2D eigenvalue weighted by molar-refractivity contribution is 6.26. The zero-order chi connectivity index (χ0) is 21.5. The second-order valence-corrected chi connectivity index (χ2v) is 7.28. The Morgan fingerprint density at radius 2 is 1.86 bits per heavy atom. The number of aromatic hydroxyl groups is 2. The molecule has 3 unspecified atom stereocenters. The monoisotopic (exact) mass is 409 g/mol. The Balaban J connectivity index is 2.01. The minimum absolute atomic E-state index is 0.113. The zero-order valence-electron chi connectivity index (χ0n) is 15.7. The molecule has 0 saturated carbocycles. The average Bonchev–Trinajstić information content (AvgIpc) is 2.65. The summed E-state index contributed by atoms with van der Waals surface area (Å²) in [6.07, 6.45) is -2.82. The van der Waals surface area contributed by atoms with E-state index in [1.165, 1.54) is 6.92 Å². The number of carbonyl (C=O) groups is 2. The Bertz CT molecular complexity index is 890. The highest BCUT2D eigenvalue weighted by Crippen LogP contribution is 2.49. The summed E-state index contributed by atoms with van der Waals surface area (Å²) in [5.74, 6) is -2.87. The van der Waals surface area contributed by atoms with E-state index in [1.54, 1.807) is 0 Å². The fourth-order valence-corrected chi connectivity index (χ4v) is 3.67. The maximum absolute atomic E-state index is 12.8. The molecular weight excluding hydrogens is 386 g/mol. The van der Waals surface area contributed by atoms with E-state index in [4.69, 9.17) is 9.84 Å². The first-order chi connectivity index (χ1) is 13.6. The minimum Gasteiger partial charge on any atom is -0.507 e. The number of aliphatic hydroxyl groups is 4. The summed E-state index contributed by atoms with van der Waals surface area (Å²) in [6, 6.07) is 0. The molecule has 3 atom stereocenters. The third-order valence-electron chi connectivity index (χ3n) is 5.15. The number of ketones is 2. The lowest BCUT2D eigenvalue weighted by Gasteiger charge is -2.39. The molecule has 3 rings (SSSR count). The number of fused-ring (bicyclic) bond motifs is 2. The average molecular weight is 409 g/mol. The van der Waals surface area contributed by atoms with Gasteiger partial charge in [0.25, 0.3) is 0 Å². The molecule has 0 aromatic heterocycles. The quantitative estimate of drug-likeness (QED) is 0.220. The van der Waals surface area contributed by atoms with Crippen molar-refractivity contribution >= 4 is 11.6 Å². The molecule has 0 amide bonds. The molecule has 2 aliphatic rings. The van der Waals surface area contributed by atoms with Gasteiger partial charge in [0.05, 0.1) is 42.2 Å². The Kier molecular flexibility index (Phi) is 5.65. The van der Waals surface area contributed by atoms with Crippen LogP contribution in [-0.4, -0.2) is 80.3 Å². The largest absolute Gasteiger partial charge is 0.507 e. The van der Waals surface area contributed by atoms with Gasteiger partial charge in [-0.2, -0.15) is 0 Å². The van der Waals surface area contributed by atoms with E-state index in [0.29, 0.717) is 0 Å². The van der Waals surface area contributed by atoms with Crippen molar-refractivity contribution in [3.63, 3.8) is 0 Å². The van der Waals surface area contributed by atoms with Gasteiger partial charge in [-0.1, -0.05) is 0 Å². The number of phenols is 2. The molecule has 1 aromatic carbocycles. The van der Waals surface area contributed by atoms with Gasteiger partial charge >= 0.3 is 0 Å². The number of Topliss-reactive ketones (excluding diaryl/α,β-unsaturated/α-hetero) is 1. The SMILES string of the molecule is CC1(O)Cc2c(O)c3c(c(O)c2C(O)C1O)C(=O)C=C(NCCOCCO)C3=O. The van der Waals surface area contributed by atoms with E-state index in [2.05, 4.69) is 5.32 Å². The van der Waals surface area contributed by atoms with Gasteiger partial charge in [0.15, 0.2) is 5.78 Å². The lowest BCUT2D eigenvalue weighted by atomic mass is 9.73. The fourth-order valence-electron chi connectivity index (χ4n) is 3.67. The van der Waals surface area contributed by atoms with Crippen LogP contribution in [0.25, 0.3) is 0 Å². The summed E-state index contributed by atoms with van der Waals surface area (Å²) in [5, 5.41) is 63.4. The van der Waals surface area contributed by atoms with Gasteiger partial charge in [0.1, 0.15) is 23.7 Å². The van der Waals surface area contributed by atoms with Gasteiger partial charge in [0.2, 0.25) is 5.78 Å². The molecule has 0 bridgehead atoms. The predicted octanol–water partition coefficient (Wildman–Crippen LogP) is -1.34. The number of hydrogen-bond acceptors (Lipinski definition) is 10. The minimum atomic E-state index is -1.83. The highest BCUT2D eigenvalue weighted by atomic mass is 16.5. The van der Waals surface area contributed by atoms with Crippen LogP contribution in [0.2, 0.25) is 0 Å². The van der Waals surface area contributed by atoms with Crippen molar-refractivity contribution in [1.82, 2.24) is 5.32 Å². The van der Waals surface area contributed by atoms with Crippen molar-refractivity contribution in [1.29, 1.82) is 0 Å². The lowest BCUT2D eigenvalue weighted by Crippen LogP contribution is -2.48. The van der Waals surface area contributed by atoms with Crippen molar-refractivity contribution < 1.29 is 45.0 Å². The Morgan fingerprint density at radius 3 is 2.52 bits per heavy atom. The summed E-state index contributed by atoms with van der Waals surface area (Å²) in [7, 11) is 0. The van der Waals surface area contributed by atoms with E-state index >= 15 is 0 Å². The third-order valence-corrected chi connectivity index (χ3v) is 5.15. The summed E-state index contributed by atoms with van der Waals surface area (Å²) < 4.78 is 5.06. The van der Waals surface area contributed by atoms with E-state index < -0.39 is 52.0 Å². The van der Waals surface area contributed by atoms with Gasteiger partial charge in [-0.15, -0.1) is 0 Å². The maximum Gasteiger partial charge on any atom is 0.213 e. The van der Waals surface area contributed by atoms with Crippen LogP contribution in [0, 0.1) is 0 Å². The van der Waals surface area contributed by atoms with Crippen LogP contribution in [0.15, 0.2) is 11.8 Å². The fraction of sp³-hybridized carbons (Fsp3) is 0.474. The van der Waals surface area contributed by atoms with Crippen LogP contribution in [-0.2, 0) is 11.2 Å². The number of phenolic OH excluding ortho intramolecular Hbond substituents is 2. The molecule has 10 heteroatoms. The maximum atomic E-state index is 12.8. The van der Waals surface area contributed by atoms with Crippen LogP contribution < -0.4 is 5.32 Å². The number of hydrogen-bond donors (Lipinski definition) is 7. The second kappa shape index (κ2) is 7.73. The molecule has 29 heavy (non-hydrogen) atoms. The molecule has 0 aliphatic heterocycles. The number of benzene rings is 1. The van der Waals surface area contributed by atoms with E-state index in [0.717, 1.165) is 6.08 Å². The third kappa shape index (κ3) is 3.49. The van der Waals surface area contributed by atoms with Gasteiger partial charge in [-0.25, -0.2) is 0 Å². The highest BCUT2D eigenvalue weighted by Gasteiger charge is 2.47. The Morgan fingerprint density at radius 1 is 1.17 bits per heavy atom. The second-order valence-electron chi connectivity index (χ2n) is 7.28. The summed E-state index contributed by atoms with van der Waals surface area (Å²) in [5.41, 5.74) is -3.25. The zero-order valence-corrected chi connectivity index (χ0v) is 15.7. The first kappa shape index (κ1) is 21.2. The van der Waals surface area contributed by atoms with Crippen molar-refractivity contribution in [3.8, 4) is 11.5 Å². The molecule has 0 saturated heterocycles. The van der Waals surface area contributed by atoms with Crippen LogP contribution in [0.5, 0.6) is 11.5 Å². The van der Waals surface area contributed by atoms with Crippen molar-refractivity contribution in [2.24, 2.45) is 0 Å². The van der Waals surface area contributed by atoms with E-state index in [-0.39, 0.29) is 49.6 Å². The number of aliphatic hydroxyl groups excluding tert-OH is 3. The van der Waals surface area contributed by atoms with Crippen molar-refractivity contribution in [3.05, 3.63) is 34.0 Å². The molecule has 1 aromatic rings. The molecule has 0 fully saturated rings. The van der Waals surface area contributed by atoms with Gasteiger partial charge < -0.3 is 40.7 Å². The number of ether oxygens (including phenoxy) is 1. The summed E-state index contributed by atoms with van der Waals surface area (Å²) >= 11 is 0. The summed E-state index contributed by atoms with van der Waals surface area (Å²) in [6.45, 7) is 1.51. The van der Waals surface area contributed by atoms with E-state index in [1.807, 2.05) is 0 Å². The Hall–Kier alpha value is -2.50. The standard InChI is InChI=1S/C19H23NO9/c1-19(28)7-8-11(17(26)18(19)27)16(25)12-10(22)6-9(15(24)13(12)14(8)23)20-2-4-29-5-3-21/h6,17-18,20-21,23,25-28H,2-5,7H2,1H3. The lowest BCUT2D eigenvalue weighted by molar-refractivity contribution is -0.126. The topological polar surface area (TPSA) is 177 Å². The van der Waals surface area contributed by atoms with Crippen LogP contribution in [0.4, 0.5) is 0 Å². The molecule has 0 radical (unpaired) electrons. The molecule has 7 N–H and O–H groups in total. The molecule has 2 aliphatic carbocycles. The van der Waals surface area contributed by atoms with Crippen molar-refractivity contribution in [2.45, 2.75) is 31.2 Å². The number of rotatable bonds is 6. The van der Waals surface area contributed by atoms with Crippen LogP contribution in [0.3, 0.4) is 0 Å².